The number of nitrogens with one attached hydrogen (secondary N) is 1. The molecule has 0 bridgehead atoms. The van der Waals surface area contributed by atoms with Gasteiger partial charge >= 0.3 is 0 Å². The first-order valence-electron chi connectivity index (χ1n) is 4.26. The quantitative estimate of drug-likeness (QED) is 0.672. The van der Waals surface area contributed by atoms with Gasteiger partial charge in [0.2, 0.25) is 10.0 Å². The van der Waals surface area contributed by atoms with Crippen molar-refractivity contribution in [2.75, 3.05) is 25.1 Å². The Morgan fingerprint density at radius 1 is 1.53 bits per heavy atom. The molecule has 0 aliphatic rings. The lowest BCUT2D eigenvalue weighted by atomic mass is 10.4. The summed E-state index contributed by atoms with van der Waals surface area (Å²) < 4.78 is 28.9. The fourth-order valence-corrected chi connectivity index (χ4v) is 1.33. The number of sulfonamides is 1. The Bertz CT molecular complexity index is 402. The van der Waals surface area contributed by atoms with Crippen LogP contribution in [0.1, 0.15) is 0 Å². The van der Waals surface area contributed by atoms with E-state index in [1.807, 2.05) is 0 Å². The first-order valence-corrected chi connectivity index (χ1v) is 6.15. The van der Waals surface area contributed by atoms with Crippen molar-refractivity contribution in [3.8, 4) is 5.75 Å². The van der Waals surface area contributed by atoms with Crippen LogP contribution >= 0.6 is 0 Å². The van der Waals surface area contributed by atoms with Crippen LogP contribution in [-0.2, 0) is 10.0 Å². The summed E-state index contributed by atoms with van der Waals surface area (Å²) in [5, 5.41) is 0. The Labute approximate surface area is 88.5 Å². The van der Waals surface area contributed by atoms with E-state index >= 15 is 0 Å². The third-order valence-electron chi connectivity index (χ3n) is 1.49. The summed E-state index contributed by atoms with van der Waals surface area (Å²) in [6, 6.07) is 3.28. The third kappa shape index (κ3) is 5.18. The van der Waals surface area contributed by atoms with Gasteiger partial charge in [-0.1, -0.05) is 0 Å². The fraction of sp³-hybridized carbons (Fsp3) is 0.375. The lowest BCUT2D eigenvalue weighted by molar-refractivity contribution is 0.322. The molecule has 7 heteroatoms. The van der Waals surface area contributed by atoms with Gasteiger partial charge in [-0.15, -0.1) is 0 Å². The van der Waals surface area contributed by atoms with Crippen molar-refractivity contribution < 1.29 is 13.2 Å². The summed E-state index contributed by atoms with van der Waals surface area (Å²) in [4.78, 5) is 3.82. The Balaban J connectivity index is 2.29. The molecule has 0 saturated carbocycles. The second-order valence-electron chi connectivity index (χ2n) is 2.93. The zero-order chi connectivity index (χ0) is 11.3. The van der Waals surface area contributed by atoms with Crippen LogP contribution in [0.15, 0.2) is 18.3 Å². The molecule has 3 N–H and O–H groups in total. The molecule has 0 aliphatic heterocycles. The van der Waals surface area contributed by atoms with Gasteiger partial charge in [-0.2, -0.15) is 0 Å². The van der Waals surface area contributed by atoms with Crippen molar-refractivity contribution in [3.63, 3.8) is 0 Å². The molecule has 1 rings (SSSR count). The highest BCUT2D eigenvalue weighted by Gasteiger charge is 1.99. The molecule has 15 heavy (non-hydrogen) atoms. The Hall–Kier alpha value is -1.34. The third-order valence-corrected chi connectivity index (χ3v) is 2.22. The molecule has 0 aliphatic carbocycles. The number of rotatable bonds is 5. The molecular weight excluding hydrogens is 218 g/mol. The molecule has 0 aromatic carbocycles. The van der Waals surface area contributed by atoms with Gasteiger partial charge in [0.05, 0.1) is 12.5 Å². The number of hydrogen-bond acceptors (Lipinski definition) is 5. The van der Waals surface area contributed by atoms with Crippen LogP contribution in [0.2, 0.25) is 0 Å². The number of nitrogens with two attached hydrogens (primary N) is 1. The first kappa shape index (κ1) is 11.7. The van der Waals surface area contributed by atoms with E-state index in [1.165, 1.54) is 6.20 Å². The van der Waals surface area contributed by atoms with Gasteiger partial charge < -0.3 is 10.5 Å². The largest absolute Gasteiger partial charge is 0.491 e. The Morgan fingerprint density at radius 3 is 2.80 bits per heavy atom. The average molecular weight is 231 g/mol. The first-order chi connectivity index (χ1) is 6.97. The molecule has 0 atom stereocenters. The smallest absolute Gasteiger partial charge is 0.208 e. The normalized spacial score (nSPS) is 11.3. The summed E-state index contributed by atoms with van der Waals surface area (Å²) >= 11 is 0. The highest BCUT2D eigenvalue weighted by atomic mass is 32.2. The Morgan fingerprint density at radius 2 is 2.27 bits per heavy atom. The number of ether oxygens (including phenoxy) is 1. The molecule has 0 amide bonds. The minimum Gasteiger partial charge on any atom is -0.491 e. The molecule has 1 aromatic heterocycles. The van der Waals surface area contributed by atoms with Crippen LogP contribution in [0.5, 0.6) is 5.75 Å². The van der Waals surface area contributed by atoms with E-state index in [0.717, 1.165) is 6.26 Å². The van der Waals surface area contributed by atoms with Crippen molar-refractivity contribution in [1.29, 1.82) is 0 Å². The molecule has 0 fully saturated rings. The lowest BCUT2D eigenvalue weighted by Gasteiger charge is -2.05. The topological polar surface area (TPSA) is 94.3 Å². The second-order valence-corrected chi connectivity index (χ2v) is 4.77. The van der Waals surface area contributed by atoms with E-state index in [2.05, 4.69) is 9.71 Å². The molecular formula is C8H13N3O3S. The molecule has 1 heterocycles. The molecule has 84 valence electrons. The van der Waals surface area contributed by atoms with Crippen molar-refractivity contribution in [2.24, 2.45) is 0 Å². The summed E-state index contributed by atoms with van der Waals surface area (Å²) in [5.41, 5.74) is 5.38. The van der Waals surface area contributed by atoms with Crippen molar-refractivity contribution >= 4 is 15.8 Å². The van der Waals surface area contributed by atoms with Gasteiger partial charge in [-0.05, 0) is 12.1 Å². The fourth-order valence-electron chi connectivity index (χ4n) is 0.873. The predicted octanol–water partition coefficient (Wildman–Crippen LogP) is -0.408. The van der Waals surface area contributed by atoms with Crippen LogP contribution in [0.25, 0.3) is 0 Å². The monoisotopic (exact) mass is 231 g/mol. The molecule has 0 spiro atoms. The van der Waals surface area contributed by atoms with Gasteiger partial charge in [0.25, 0.3) is 0 Å². The van der Waals surface area contributed by atoms with Crippen molar-refractivity contribution in [3.05, 3.63) is 18.3 Å². The van der Waals surface area contributed by atoms with Crippen LogP contribution < -0.4 is 15.2 Å². The highest BCUT2D eigenvalue weighted by Crippen LogP contribution is 2.08. The van der Waals surface area contributed by atoms with Gasteiger partial charge in [0.1, 0.15) is 18.2 Å². The minimum atomic E-state index is -3.15. The van der Waals surface area contributed by atoms with E-state index in [1.54, 1.807) is 12.1 Å². The van der Waals surface area contributed by atoms with E-state index in [-0.39, 0.29) is 13.2 Å². The summed E-state index contributed by atoms with van der Waals surface area (Å²) in [6.07, 6.45) is 2.58. The van der Waals surface area contributed by atoms with Crippen molar-refractivity contribution in [1.82, 2.24) is 9.71 Å². The zero-order valence-corrected chi connectivity index (χ0v) is 9.12. The molecule has 0 unspecified atom stereocenters. The Kier molecular flexibility index (Phi) is 3.87. The average Bonchev–Trinajstić information content (AvgIpc) is 2.14. The van der Waals surface area contributed by atoms with Crippen LogP contribution in [0.3, 0.4) is 0 Å². The standard InChI is InChI=1S/C8H13N3O3S/c1-15(12,13)11-4-5-14-7-2-3-8(9)10-6-7/h2-3,6,11H,4-5H2,1H3,(H2,9,10). The number of nitrogens with zero attached hydrogens (tertiary/aromatic N) is 1. The number of nitrogen functional groups attached to an aromatic ring is 1. The summed E-state index contributed by atoms with van der Waals surface area (Å²) in [7, 11) is -3.15. The second kappa shape index (κ2) is 4.94. The summed E-state index contributed by atoms with van der Waals surface area (Å²) in [6.45, 7) is 0.474. The molecule has 0 radical (unpaired) electrons. The highest BCUT2D eigenvalue weighted by molar-refractivity contribution is 7.88. The maximum absolute atomic E-state index is 10.7. The lowest BCUT2D eigenvalue weighted by Crippen LogP contribution is -2.26. The van der Waals surface area contributed by atoms with E-state index in [0.29, 0.717) is 11.6 Å². The van der Waals surface area contributed by atoms with Gasteiger partial charge in [-0.25, -0.2) is 18.1 Å². The maximum atomic E-state index is 10.7. The van der Waals surface area contributed by atoms with E-state index < -0.39 is 10.0 Å². The van der Waals surface area contributed by atoms with Crippen LogP contribution in [0, 0.1) is 0 Å². The van der Waals surface area contributed by atoms with Gasteiger partial charge in [0, 0.05) is 6.54 Å². The number of hydrogen-bond donors (Lipinski definition) is 2. The van der Waals surface area contributed by atoms with Gasteiger partial charge in [-0.3, -0.25) is 0 Å². The SMILES string of the molecule is CS(=O)(=O)NCCOc1ccc(N)nc1. The van der Waals surface area contributed by atoms with E-state index in [9.17, 15) is 8.42 Å². The molecule has 1 aromatic rings. The summed E-state index contributed by atoms with van der Waals surface area (Å²) in [5.74, 6) is 0.969. The molecule has 0 saturated heterocycles. The number of aromatic nitrogens is 1. The molecule has 6 nitrogen and oxygen atoms in total. The van der Waals surface area contributed by atoms with Crippen molar-refractivity contribution in [2.45, 2.75) is 0 Å². The van der Waals surface area contributed by atoms with E-state index in [4.69, 9.17) is 10.5 Å². The number of pyridine rings is 1. The van der Waals surface area contributed by atoms with Crippen LogP contribution in [-0.4, -0.2) is 32.8 Å². The maximum Gasteiger partial charge on any atom is 0.208 e. The van der Waals surface area contributed by atoms with Crippen LogP contribution in [0.4, 0.5) is 5.82 Å². The predicted molar refractivity (Wildman–Crippen MR) is 57.0 cm³/mol. The zero-order valence-electron chi connectivity index (χ0n) is 8.30. The number of anilines is 1. The minimum absolute atomic E-state index is 0.225. The van der Waals surface area contributed by atoms with Gasteiger partial charge in [0.15, 0.2) is 0 Å².